The van der Waals surface area contributed by atoms with Gasteiger partial charge in [0.1, 0.15) is 0 Å². The Kier molecular flexibility index (Phi) is 6.84. The van der Waals surface area contributed by atoms with Crippen LogP contribution in [0.4, 0.5) is 0 Å². The van der Waals surface area contributed by atoms with Crippen LogP contribution in [0.5, 0.6) is 0 Å². The zero-order valence-electron chi connectivity index (χ0n) is 12.9. The van der Waals surface area contributed by atoms with Crippen LogP contribution in [-0.2, 0) is 14.8 Å². The average Bonchev–Trinajstić information content (AvgIpc) is 2.44. The molecule has 0 heterocycles. The third-order valence-corrected chi connectivity index (χ3v) is 4.45. The van der Waals surface area contributed by atoms with E-state index in [1.54, 1.807) is 17.0 Å². The molecule has 5 nitrogen and oxygen atoms in total. The highest BCUT2D eigenvalue weighted by Gasteiger charge is 2.18. The number of sulfonamides is 1. The van der Waals surface area contributed by atoms with Crippen LogP contribution in [0.25, 0.3) is 0 Å². The maximum atomic E-state index is 12.1. The molecule has 0 aliphatic rings. The van der Waals surface area contributed by atoms with Crippen molar-refractivity contribution in [1.82, 2.24) is 9.62 Å². The van der Waals surface area contributed by atoms with Crippen LogP contribution >= 0.6 is 0 Å². The van der Waals surface area contributed by atoms with Gasteiger partial charge < -0.3 is 4.90 Å². The normalized spacial score (nSPS) is 11.4. The quantitative estimate of drug-likeness (QED) is 0.797. The van der Waals surface area contributed by atoms with E-state index in [0.29, 0.717) is 13.1 Å². The number of carbonyl (C=O) groups is 1. The Labute approximate surface area is 127 Å². The fourth-order valence-corrected chi connectivity index (χ4v) is 3.11. The number of aryl methyl sites for hydroxylation is 1. The Morgan fingerprint density at radius 3 is 2.33 bits per heavy atom. The molecule has 0 radical (unpaired) electrons. The first-order valence-corrected chi connectivity index (χ1v) is 8.73. The van der Waals surface area contributed by atoms with Crippen molar-refractivity contribution in [3.63, 3.8) is 0 Å². The molecule has 0 aliphatic carbocycles. The fourth-order valence-electron chi connectivity index (χ4n) is 2.04. The van der Waals surface area contributed by atoms with Gasteiger partial charge in [-0.3, -0.25) is 4.79 Å². The Hall–Kier alpha value is -1.40. The van der Waals surface area contributed by atoms with Gasteiger partial charge in [0, 0.05) is 13.1 Å². The highest BCUT2D eigenvalue weighted by molar-refractivity contribution is 7.89. The second-order valence-electron chi connectivity index (χ2n) is 5.02. The molecule has 0 fully saturated rings. The summed E-state index contributed by atoms with van der Waals surface area (Å²) in [7, 11) is -3.64. The molecule has 6 heteroatoms. The Bertz CT molecular complexity index is 564. The molecule has 118 valence electrons. The molecule has 0 aliphatic heterocycles. The Balaban J connectivity index is 2.70. The lowest BCUT2D eigenvalue weighted by atomic mass is 10.2. The topological polar surface area (TPSA) is 66.5 Å². The summed E-state index contributed by atoms with van der Waals surface area (Å²) in [5, 5.41) is 0. The molecular weight excluding hydrogens is 288 g/mol. The summed E-state index contributed by atoms with van der Waals surface area (Å²) in [5.41, 5.74) is 0.864. The lowest BCUT2D eigenvalue weighted by molar-refractivity contribution is -0.130. The van der Waals surface area contributed by atoms with Crippen molar-refractivity contribution in [1.29, 1.82) is 0 Å². The lowest BCUT2D eigenvalue weighted by Gasteiger charge is -2.21. The second kappa shape index (κ2) is 8.14. The summed E-state index contributed by atoms with van der Waals surface area (Å²) in [6.45, 7) is 6.92. The highest BCUT2D eigenvalue weighted by Crippen LogP contribution is 2.10. The zero-order chi connectivity index (χ0) is 15.9. The third kappa shape index (κ3) is 5.47. The van der Waals surface area contributed by atoms with E-state index in [1.807, 2.05) is 26.8 Å². The molecule has 1 aromatic carbocycles. The van der Waals surface area contributed by atoms with Gasteiger partial charge in [-0.05, 0) is 37.5 Å². The van der Waals surface area contributed by atoms with E-state index in [1.165, 1.54) is 6.07 Å². The summed E-state index contributed by atoms with van der Waals surface area (Å²) in [4.78, 5) is 13.9. The molecular formula is C15H24N2O3S. The monoisotopic (exact) mass is 312 g/mol. The molecule has 0 saturated heterocycles. The van der Waals surface area contributed by atoms with Crippen molar-refractivity contribution in [2.75, 3.05) is 19.6 Å². The van der Waals surface area contributed by atoms with E-state index in [2.05, 4.69) is 4.72 Å². The zero-order valence-corrected chi connectivity index (χ0v) is 13.7. The van der Waals surface area contributed by atoms with Crippen molar-refractivity contribution < 1.29 is 13.2 Å². The fraction of sp³-hybridized carbons (Fsp3) is 0.533. The maximum absolute atomic E-state index is 12.1. The van der Waals surface area contributed by atoms with E-state index >= 15 is 0 Å². The van der Waals surface area contributed by atoms with Crippen molar-refractivity contribution in [2.45, 2.75) is 38.5 Å². The number of rotatable bonds is 8. The van der Waals surface area contributed by atoms with E-state index in [4.69, 9.17) is 0 Å². The molecule has 21 heavy (non-hydrogen) atoms. The minimum atomic E-state index is -3.64. The van der Waals surface area contributed by atoms with Crippen LogP contribution in [0.3, 0.4) is 0 Å². The van der Waals surface area contributed by atoms with Gasteiger partial charge in [0.2, 0.25) is 15.9 Å². The predicted molar refractivity (Wildman–Crippen MR) is 83.5 cm³/mol. The van der Waals surface area contributed by atoms with Crippen LogP contribution < -0.4 is 4.72 Å². The molecule has 1 rings (SSSR count). The first kappa shape index (κ1) is 17.7. The average molecular weight is 312 g/mol. The smallest absolute Gasteiger partial charge is 0.241 e. The molecule has 0 saturated carbocycles. The van der Waals surface area contributed by atoms with E-state index in [-0.39, 0.29) is 17.3 Å². The van der Waals surface area contributed by atoms with Crippen molar-refractivity contribution in [3.05, 3.63) is 29.8 Å². The number of nitrogens with zero attached hydrogens (tertiary/aromatic N) is 1. The molecule has 1 N–H and O–H groups in total. The summed E-state index contributed by atoms with van der Waals surface area (Å²) >= 11 is 0. The number of amides is 1. The molecule has 0 atom stereocenters. The van der Waals surface area contributed by atoms with Gasteiger partial charge >= 0.3 is 0 Å². The molecule has 0 aromatic heterocycles. The highest BCUT2D eigenvalue weighted by atomic mass is 32.2. The number of nitrogens with one attached hydrogen (secondary N) is 1. The van der Waals surface area contributed by atoms with E-state index in [9.17, 15) is 13.2 Å². The van der Waals surface area contributed by atoms with Crippen LogP contribution in [0.15, 0.2) is 29.2 Å². The van der Waals surface area contributed by atoms with Gasteiger partial charge in [-0.2, -0.15) is 0 Å². The summed E-state index contributed by atoms with van der Waals surface area (Å²) in [5.74, 6) is -0.185. The van der Waals surface area contributed by atoms with Crippen molar-refractivity contribution >= 4 is 15.9 Å². The number of benzene rings is 1. The van der Waals surface area contributed by atoms with Gasteiger partial charge in [0.15, 0.2) is 0 Å². The van der Waals surface area contributed by atoms with Gasteiger partial charge in [0.25, 0.3) is 0 Å². The lowest BCUT2D eigenvalue weighted by Crippen LogP contribution is -2.40. The first-order chi connectivity index (χ1) is 9.90. The standard InChI is InChI=1S/C15H24N2O3S/c1-4-9-17(10-5-2)15(18)12-16-21(19,20)14-8-6-7-13(3)11-14/h6-8,11,16H,4-5,9-10,12H2,1-3H3. The number of carbonyl (C=O) groups excluding carboxylic acids is 1. The van der Waals surface area contributed by atoms with Crippen LogP contribution in [0.2, 0.25) is 0 Å². The minimum Gasteiger partial charge on any atom is -0.342 e. The Morgan fingerprint density at radius 1 is 1.19 bits per heavy atom. The number of hydrogen-bond acceptors (Lipinski definition) is 3. The third-order valence-electron chi connectivity index (χ3n) is 3.05. The summed E-state index contributed by atoms with van der Waals surface area (Å²) in [6.07, 6.45) is 1.72. The van der Waals surface area contributed by atoms with Crippen LogP contribution in [-0.4, -0.2) is 38.9 Å². The van der Waals surface area contributed by atoms with E-state index < -0.39 is 10.0 Å². The second-order valence-corrected chi connectivity index (χ2v) is 6.79. The van der Waals surface area contributed by atoms with Gasteiger partial charge in [-0.1, -0.05) is 26.0 Å². The maximum Gasteiger partial charge on any atom is 0.241 e. The summed E-state index contributed by atoms with van der Waals surface area (Å²) in [6, 6.07) is 6.62. The van der Waals surface area contributed by atoms with Gasteiger partial charge in [0.05, 0.1) is 11.4 Å². The molecule has 1 amide bonds. The molecule has 0 spiro atoms. The largest absolute Gasteiger partial charge is 0.342 e. The van der Waals surface area contributed by atoms with Crippen molar-refractivity contribution in [3.8, 4) is 0 Å². The predicted octanol–water partition coefficient (Wildman–Crippen LogP) is 1.92. The minimum absolute atomic E-state index is 0.185. The molecule has 0 bridgehead atoms. The van der Waals surface area contributed by atoms with Gasteiger partial charge in [-0.25, -0.2) is 13.1 Å². The first-order valence-electron chi connectivity index (χ1n) is 7.24. The van der Waals surface area contributed by atoms with Crippen molar-refractivity contribution in [2.24, 2.45) is 0 Å². The molecule has 0 unspecified atom stereocenters. The number of hydrogen-bond donors (Lipinski definition) is 1. The van der Waals surface area contributed by atoms with Crippen LogP contribution in [0, 0.1) is 6.92 Å². The summed E-state index contributed by atoms with van der Waals surface area (Å²) < 4.78 is 26.7. The SMILES string of the molecule is CCCN(CCC)C(=O)CNS(=O)(=O)c1cccc(C)c1. The molecule has 1 aromatic rings. The van der Waals surface area contributed by atoms with Crippen LogP contribution in [0.1, 0.15) is 32.3 Å². The Morgan fingerprint density at radius 2 is 1.81 bits per heavy atom. The van der Waals surface area contributed by atoms with E-state index in [0.717, 1.165) is 18.4 Å². The van der Waals surface area contributed by atoms with Gasteiger partial charge in [-0.15, -0.1) is 0 Å².